The molecule has 0 N–H and O–H groups in total. The third-order valence-corrected chi connectivity index (χ3v) is 5.45. The molecule has 2 heterocycles. The summed E-state index contributed by atoms with van der Waals surface area (Å²) >= 11 is 9.38. The quantitative estimate of drug-likeness (QED) is 0.760. The molecule has 6 heteroatoms. The Morgan fingerprint density at radius 2 is 2.00 bits per heavy atom. The highest BCUT2D eigenvalue weighted by atomic mass is 79.9. The predicted molar refractivity (Wildman–Crippen MR) is 85.5 cm³/mol. The lowest BCUT2D eigenvalue weighted by molar-refractivity contribution is -0.147. The highest BCUT2D eigenvalue weighted by Crippen LogP contribution is 2.33. The molecule has 2 aliphatic rings. The molecule has 2 unspecified atom stereocenters. The predicted octanol–water partition coefficient (Wildman–Crippen LogP) is 3.22. The van der Waals surface area contributed by atoms with Gasteiger partial charge in [0.2, 0.25) is 5.91 Å². The average molecular weight is 372 g/mol. The molecule has 1 aromatic carbocycles. The van der Waals surface area contributed by atoms with Gasteiger partial charge < -0.3 is 4.90 Å². The van der Waals surface area contributed by atoms with E-state index in [1.807, 2.05) is 0 Å². The molecule has 0 aromatic heterocycles. The van der Waals surface area contributed by atoms with E-state index in [4.69, 9.17) is 11.6 Å². The summed E-state index contributed by atoms with van der Waals surface area (Å²) in [6, 6.07) is 4.53. The lowest BCUT2D eigenvalue weighted by atomic mass is 9.95. The molecule has 21 heavy (non-hydrogen) atoms. The van der Waals surface area contributed by atoms with Crippen molar-refractivity contribution in [3.8, 4) is 0 Å². The zero-order chi connectivity index (χ0) is 15.1. The average Bonchev–Trinajstić information content (AvgIpc) is 2.49. The largest absolute Gasteiger partial charge is 0.329 e. The standard InChI is InChI=1S/C15H16BrClN2O2/c1-9-14(20)18-7-3-2-4-13(18)15(21)19(9)10-5-6-12(17)11(16)8-10/h5-6,8-9,13H,2-4,7H2,1H3. The molecule has 2 amide bonds. The number of carbonyl (C=O) groups excluding carboxylic acids is 2. The van der Waals surface area contributed by atoms with E-state index in [0.717, 1.165) is 23.7 Å². The SMILES string of the molecule is CC1C(=O)N2CCCCC2C(=O)N1c1ccc(Cl)c(Br)c1. The van der Waals surface area contributed by atoms with Gasteiger partial charge in [0.25, 0.3) is 5.91 Å². The molecule has 112 valence electrons. The maximum absolute atomic E-state index is 12.8. The van der Waals surface area contributed by atoms with Gasteiger partial charge in [0.05, 0.1) is 5.02 Å². The molecule has 4 nitrogen and oxygen atoms in total. The van der Waals surface area contributed by atoms with Gasteiger partial charge in [-0.3, -0.25) is 14.5 Å². The molecule has 2 aliphatic heterocycles. The Hall–Kier alpha value is -1.07. The molecule has 1 aromatic rings. The fourth-order valence-corrected chi connectivity index (χ4v) is 3.62. The highest BCUT2D eigenvalue weighted by Gasteiger charge is 2.45. The van der Waals surface area contributed by atoms with E-state index in [0.29, 0.717) is 17.3 Å². The minimum atomic E-state index is -0.472. The summed E-state index contributed by atoms with van der Waals surface area (Å²) in [5.74, 6) is 0.0430. The number of rotatable bonds is 1. The molecule has 2 atom stereocenters. The Morgan fingerprint density at radius 3 is 2.71 bits per heavy atom. The van der Waals surface area contributed by atoms with Crippen LogP contribution in [0.15, 0.2) is 22.7 Å². The first kappa shape index (κ1) is 14.9. The summed E-state index contributed by atoms with van der Waals surface area (Å²) in [5.41, 5.74) is 0.711. The summed E-state index contributed by atoms with van der Waals surface area (Å²) in [7, 11) is 0. The summed E-state index contributed by atoms with van der Waals surface area (Å²) in [6.45, 7) is 2.48. The fraction of sp³-hybridized carbons (Fsp3) is 0.467. The van der Waals surface area contributed by atoms with Crippen molar-refractivity contribution < 1.29 is 9.59 Å². The van der Waals surface area contributed by atoms with Gasteiger partial charge in [0.15, 0.2) is 0 Å². The van der Waals surface area contributed by atoms with Crippen LogP contribution in [0.3, 0.4) is 0 Å². The molecular formula is C15H16BrClN2O2. The molecular weight excluding hydrogens is 356 g/mol. The number of fused-ring (bicyclic) bond motifs is 1. The molecule has 2 fully saturated rings. The second-order valence-corrected chi connectivity index (χ2v) is 6.79. The van der Waals surface area contributed by atoms with Crippen LogP contribution in [-0.4, -0.2) is 35.3 Å². The highest BCUT2D eigenvalue weighted by molar-refractivity contribution is 9.10. The molecule has 0 spiro atoms. The Kier molecular flexibility index (Phi) is 3.97. The van der Waals surface area contributed by atoms with E-state index in [1.54, 1.807) is 34.9 Å². The van der Waals surface area contributed by atoms with E-state index < -0.39 is 6.04 Å². The first-order chi connectivity index (χ1) is 10.0. The number of anilines is 1. The van der Waals surface area contributed by atoms with Gasteiger partial charge in [-0.2, -0.15) is 0 Å². The Morgan fingerprint density at radius 1 is 1.24 bits per heavy atom. The number of halogens is 2. The number of hydrogen-bond donors (Lipinski definition) is 0. The molecule has 0 aliphatic carbocycles. The van der Waals surface area contributed by atoms with Crippen molar-refractivity contribution in [3.63, 3.8) is 0 Å². The van der Waals surface area contributed by atoms with Crippen LogP contribution < -0.4 is 4.90 Å². The van der Waals surface area contributed by atoms with Crippen LogP contribution in [-0.2, 0) is 9.59 Å². The zero-order valence-electron chi connectivity index (χ0n) is 11.7. The third-order valence-electron chi connectivity index (χ3n) is 4.23. The van der Waals surface area contributed by atoms with Crippen LogP contribution in [0, 0.1) is 0 Å². The lowest BCUT2D eigenvalue weighted by Crippen LogP contribution is -2.65. The number of piperazine rings is 1. The van der Waals surface area contributed by atoms with Crippen LogP contribution in [0.25, 0.3) is 0 Å². The van der Waals surface area contributed by atoms with E-state index in [2.05, 4.69) is 15.9 Å². The van der Waals surface area contributed by atoms with E-state index in [9.17, 15) is 9.59 Å². The first-order valence-corrected chi connectivity index (χ1v) is 8.26. The van der Waals surface area contributed by atoms with Gasteiger partial charge in [-0.1, -0.05) is 11.6 Å². The van der Waals surface area contributed by atoms with Gasteiger partial charge in [-0.25, -0.2) is 0 Å². The number of carbonyl (C=O) groups is 2. The topological polar surface area (TPSA) is 40.6 Å². The number of amides is 2. The smallest absolute Gasteiger partial charge is 0.250 e. The molecule has 0 saturated carbocycles. The van der Waals surface area contributed by atoms with Crippen molar-refractivity contribution in [3.05, 3.63) is 27.7 Å². The van der Waals surface area contributed by atoms with Crippen LogP contribution in [0.2, 0.25) is 5.02 Å². The van der Waals surface area contributed by atoms with Gasteiger partial charge in [-0.15, -0.1) is 0 Å². The fourth-order valence-electron chi connectivity index (χ4n) is 3.14. The van der Waals surface area contributed by atoms with E-state index in [1.165, 1.54) is 0 Å². The van der Waals surface area contributed by atoms with Crippen molar-refractivity contribution >= 4 is 45.0 Å². The molecule has 0 radical (unpaired) electrons. The second-order valence-electron chi connectivity index (χ2n) is 5.53. The summed E-state index contributed by atoms with van der Waals surface area (Å²) in [6.07, 6.45) is 2.73. The Labute approximate surface area is 137 Å². The van der Waals surface area contributed by atoms with Gasteiger partial charge >= 0.3 is 0 Å². The maximum Gasteiger partial charge on any atom is 0.250 e. The maximum atomic E-state index is 12.8. The summed E-state index contributed by atoms with van der Waals surface area (Å²) < 4.78 is 0.722. The number of piperidine rings is 1. The minimum Gasteiger partial charge on any atom is -0.329 e. The zero-order valence-corrected chi connectivity index (χ0v) is 14.0. The second kappa shape index (κ2) is 5.61. The normalized spacial score (nSPS) is 26.0. The number of benzene rings is 1. The lowest BCUT2D eigenvalue weighted by Gasteiger charge is -2.46. The minimum absolute atomic E-state index is 0.0102. The van der Waals surface area contributed by atoms with Crippen LogP contribution >= 0.6 is 27.5 Å². The summed E-state index contributed by atoms with van der Waals surface area (Å²) in [4.78, 5) is 28.7. The van der Waals surface area contributed by atoms with Gasteiger partial charge in [0.1, 0.15) is 12.1 Å². The first-order valence-electron chi connectivity index (χ1n) is 7.09. The van der Waals surface area contributed by atoms with Crippen LogP contribution in [0.4, 0.5) is 5.69 Å². The van der Waals surface area contributed by atoms with Gasteiger partial charge in [-0.05, 0) is 60.3 Å². The van der Waals surface area contributed by atoms with E-state index in [-0.39, 0.29) is 17.9 Å². The monoisotopic (exact) mass is 370 g/mol. The third kappa shape index (κ3) is 2.46. The Bertz CT molecular complexity index is 607. The van der Waals surface area contributed by atoms with Crippen LogP contribution in [0.5, 0.6) is 0 Å². The van der Waals surface area contributed by atoms with Crippen molar-refractivity contribution in [2.75, 3.05) is 11.4 Å². The van der Waals surface area contributed by atoms with Gasteiger partial charge in [0, 0.05) is 16.7 Å². The van der Waals surface area contributed by atoms with E-state index >= 15 is 0 Å². The van der Waals surface area contributed by atoms with Crippen LogP contribution in [0.1, 0.15) is 26.2 Å². The molecule has 0 bridgehead atoms. The molecule has 2 saturated heterocycles. The van der Waals surface area contributed by atoms with Crippen molar-refractivity contribution in [1.82, 2.24) is 4.90 Å². The van der Waals surface area contributed by atoms with Crippen molar-refractivity contribution in [1.29, 1.82) is 0 Å². The summed E-state index contributed by atoms with van der Waals surface area (Å²) in [5, 5.41) is 0.585. The van der Waals surface area contributed by atoms with Crippen molar-refractivity contribution in [2.24, 2.45) is 0 Å². The molecule has 3 rings (SSSR count). The number of hydrogen-bond acceptors (Lipinski definition) is 2. The number of nitrogens with zero attached hydrogens (tertiary/aromatic N) is 2. The Balaban J connectivity index is 1.99. The van der Waals surface area contributed by atoms with Crippen molar-refractivity contribution in [2.45, 2.75) is 38.3 Å².